The normalized spacial score (nSPS) is 14.0. The average molecular weight is 651 g/mol. The minimum absolute atomic E-state index is 0.0900. The summed E-state index contributed by atoms with van der Waals surface area (Å²) in [5.41, 5.74) is 0. The molecule has 2 unspecified atom stereocenters. The molecule has 1 N–H and O–H groups in total. The van der Waals surface area contributed by atoms with E-state index < -0.39 is 19.9 Å². The van der Waals surface area contributed by atoms with Gasteiger partial charge in [0.25, 0.3) is 0 Å². The molecule has 44 heavy (non-hydrogen) atoms. The maximum absolute atomic E-state index is 12.2. The average Bonchev–Trinajstić information content (AvgIpc) is 2.97. The zero-order valence-electron chi connectivity index (χ0n) is 29.7. The Kier molecular flexibility index (Phi) is 29.5. The lowest BCUT2D eigenvalue weighted by Crippen LogP contribution is -2.37. The Morgan fingerprint density at radius 1 is 0.614 bits per heavy atom. The number of carbonyl (C=O) groups excluding carboxylic acids is 1. The molecule has 0 radical (unpaired) electrons. The Balaban J connectivity index is 3.63. The zero-order valence-corrected chi connectivity index (χ0v) is 30.6. The first kappa shape index (κ1) is 43.5. The number of quaternary nitrogens is 1. The molecular formula is C35H73NO7P+. The second-order valence-electron chi connectivity index (χ2n) is 13.6. The van der Waals surface area contributed by atoms with E-state index >= 15 is 0 Å². The van der Waals surface area contributed by atoms with Crippen LogP contribution in [0.4, 0.5) is 0 Å². The van der Waals surface area contributed by atoms with Crippen LogP contribution in [0.1, 0.15) is 162 Å². The smallest absolute Gasteiger partial charge is 0.457 e. The third-order valence-electron chi connectivity index (χ3n) is 7.97. The van der Waals surface area contributed by atoms with E-state index in [1.165, 1.54) is 128 Å². The van der Waals surface area contributed by atoms with Crippen molar-refractivity contribution < 1.29 is 37.3 Å². The number of esters is 1. The summed E-state index contributed by atoms with van der Waals surface area (Å²) in [4.78, 5) is 21.7. The lowest BCUT2D eigenvalue weighted by molar-refractivity contribution is -0.870. The maximum Gasteiger partial charge on any atom is 0.472 e. The molecule has 0 aliphatic carbocycles. The first-order chi connectivity index (χ1) is 21.1. The minimum Gasteiger partial charge on any atom is -0.457 e. The third-order valence-corrected chi connectivity index (χ3v) is 8.96. The molecule has 0 saturated carbocycles. The molecule has 0 fully saturated rings. The van der Waals surface area contributed by atoms with Crippen molar-refractivity contribution in [3.8, 4) is 0 Å². The van der Waals surface area contributed by atoms with Crippen LogP contribution in [0, 0.1) is 0 Å². The summed E-state index contributed by atoms with van der Waals surface area (Å²) in [6.07, 6.45) is 29.3. The summed E-state index contributed by atoms with van der Waals surface area (Å²) in [7, 11) is 1.67. The van der Waals surface area contributed by atoms with Crippen molar-refractivity contribution in [2.24, 2.45) is 0 Å². The number of likely N-dealkylation sites (N-methyl/N-ethyl adjacent to an activating group) is 1. The summed E-state index contributed by atoms with van der Waals surface area (Å²) >= 11 is 0. The van der Waals surface area contributed by atoms with E-state index in [1.54, 1.807) is 6.92 Å². The molecule has 0 aliphatic heterocycles. The molecule has 0 heterocycles. The molecule has 0 aromatic rings. The van der Waals surface area contributed by atoms with Gasteiger partial charge < -0.3 is 18.9 Å². The van der Waals surface area contributed by atoms with Crippen molar-refractivity contribution in [1.82, 2.24) is 0 Å². The van der Waals surface area contributed by atoms with Crippen molar-refractivity contribution in [3.63, 3.8) is 0 Å². The first-order valence-electron chi connectivity index (χ1n) is 18.3. The number of hydrogen-bond acceptors (Lipinski definition) is 6. The molecule has 0 saturated heterocycles. The van der Waals surface area contributed by atoms with E-state index in [2.05, 4.69) is 6.92 Å². The molecule has 0 rings (SSSR count). The van der Waals surface area contributed by atoms with Gasteiger partial charge in [-0.25, -0.2) is 4.57 Å². The quantitative estimate of drug-likeness (QED) is 0.0321. The Morgan fingerprint density at radius 2 is 1.02 bits per heavy atom. The predicted molar refractivity (Wildman–Crippen MR) is 183 cm³/mol. The summed E-state index contributed by atoms with van der Waals surface area (Å²) in [5, 5.41) is 0. The number of carbonyl (C=O) groups is 1. The monoisotopic (exact) mass is 651 g/mol. The number of phosphoric acid groups is 1. The number of ether oxygens (including phenoxy) is 2. The molecule has 0 aromatic heterocycles. The fraction of sp³-hybridized carbons (Fsp3) is 0.971. The predicted octanol–water partition coefficient (Wildman–Crippen LogP) is 9.77. The second-order valence-corrected chi connectivity index (χ2v) is 15.0. The van der Waals surface area contributed by atoms with Gasteiger partial charge in [0.15, 0.2) is 0 Å². The molecule has 0 aromatic carbocycles. The molecular weight excluding hydrogens is 577 g/mol. The highest BCUT2D eigenvalue weighted by atomic mass is 31.2. The van der Waals surface area contributed by atoms with Crippen molar-refractivity contribution in [3.05, 3.63) is 0 Å². The zero-order chi connectivity index (χ0) is 32.8. The van der Waals surface area contributed by atoms with E-state index in [1.807, 2.05) is 21.1 Å². The van der Waals surface area contributed by atoms with Crippen molar-refractivity contribution >= 4 is 13.8 Å². The SMILES string of the molecule is CCCCCCCCCCCCCCCCCCCCCCCCOCC(COP(=O)(O)OCC[N+](C)(C)C)OC(=O)CC. The molecule has 8 nitrogen and oxygen atoms in total. The van der Waals surface area contributed by atoms with Crippen LogP contribution < -0.4 is 0 Å². The Hall–Kier alpha value is -0.500. The highest BCUT2D eigenvalue weighted by molar-refractivity contribution is 7.47. The standard InChI is InChI=1S/C35H72NO7P/c1-6-8-9-10-11-12-13-14-15-16-17-18-19-20-21-22-23-24-25-26-27-28-30-40-32-34(43-35(37)7-2)33-42-44(38,39)41-31-29-36(3,4)5/h34H,6-33H2,1-5H3/p+1. The van der Waals surface area contributed by atoms with Crippen molar-refractivity contribution in [2.75, 3.05) is 54.1 Å². The molecule has 0 bridgehead atoms. The third kappa shape index (κ3) is 32.9. The van der Waals surface area contributed by atoms with Gasteiger partial charge >= 0.3 is 13.8 Å². The number of nitrogens with zero attached hydrogens (tertiary/aromatic N) is 1. The summed E-state index contributed by atoms with van der Waals surface area (Å²) < 4.78 is 33.9. The fourth-order valence-corrected chi connectivity index (χ4v) is 5.80. The first-order valence-corrected chi connectivity index (χ1v) is 19.8. The molecule has 2 atom stereocenters. The molecule has 0 aliphatic rings. The highest BCUT2D eigenvalue weighted by Crippen LogP contribution is 2.43. The lowest BCUT2D eigenvalue weighted by Gasteiger charge is -2.24. The second kappa shape index (κ2) is 29.9. The molecule has 9 heteroatoms. The van der Waals surface area contributed by atoms with E-state index in [4.69, 9.17) is 18.5 Å². The Bertz CT molecular complexity index is 686. The number of hydrogen-bond donors (Lipinski definition) is 1. The number of unbranched alkanes of at least 4 members (excludes halogenated alkanes) is 21. The van der Waals surface area contributed by atoms with Gasteiger partial charge in [-0.15, -0.1) is 0 Å². The minimum atomic E-state index is -4.22. The van der Waals surface area contributed by atoms with E-state index in [0.29, 0.717) is 17.6 Å². The summed E-state index contributed by atoms with van der Waals surface area (Å²) in [6.45, 7) is 5.08. The largest absolute Gasteiger partial charge is 0.472 e. The van der Waals surface area contributed by atoms with Crippen LogP contribution in [-0.4, -0.2) is 75.6 Å². The molecule has 0 spiro atoms. The van der Waals surface area contributed by atoms with Crippen LogP contribution >= 0.6 is 7.82 Å². The van der Waals surface area contributed by atoms with Gasteiger partial charge in [-0.05, 0) is 6.42 Å². The Morgan fingerprint density at radius 3 is 1.41 bits per heavy atom. The van der Waals surface area contributed by atoms with Crippen molar-refractivity contribution in [1.29, 1.82) is 0 Å². The lowest BCUT2D eigenvalue weighted by atomic mass is 10.0. The number of phosphoric ester groups is 1. The van der Waals surface area contributed by atoms with Crippen LogP contribution in [-0.2, 0) is 27.9 Å². The van der Waals surface area contributed by atoms with Gasteiger partial charge in [-0.2, -0.15) is 0 Å². The fourth-order valence-electron chi connectivity index (χ4n) is 5.06. The van der Waals surface area contributed by atoms with Crippen LogP contribution in [0.25, 0.3) is 0 Å². The van der Waals surface area contributed by atoms with Gasteiger partial charge in [-0.1, -0.05) is 149 Å². The molecule has 0 amide bonds. The van der Waals surface area contributed by atoms with Crippen molar-refractivity contribution in [2.45, 2.75) is 168 Å². The van der Waals surface area contributed by atoms with Gasteiger partial charge in [-0.3, -0.25) is 13.8 Å². The van der Waals surface area contributed by atoms with Gasteiger partial charge in [0.05, 0.1) is 34.4 Å². The van der Waals surface area contributed by atoms with Crippen LogP contribution in [0.3, 0.4) is 0 Å². The van der Waals surface area contributed by atoms with Crippen LogP contribution in [0.15, 0.2) is 0 Å². The van der Waals surface area contributed by atoms with Crippen LogP contribution in [0.2, 0.25) is 0 Å². The Labute approximate surface area is 272 Å². The summed E-state index contributed by atoms with van der Waals surface area (Å²) in [6, 6.07) is 0. The van der Waals surface area contributed by atoms with Gasteiger partial charge in [0, 0.05) is 13.0 Å². The van der Waals surface area contributed by atoms with E-state index in [-0.39, 0.29) is 26.2 Å². The van der Waals surface area contributed by atoms with Crippen LogP contribution in [0.5, 0.6) is 0 Å². The number of rotatable bonds is 34. The topological polar surface area (TPSA) is 91.3 Å². The summed E-state index contributed by atoms with van der Waals surface area (Å²) in [5.74, 6) is -0.398. The van der Waals surface area contributed by atoms with E-state index in [0.717, 1.165) is 12.8 Å². The maximum atomic E-state index is 12.2. The highest BCUT2D eigenvalue weighted by Gasteiger charge is 2.26. The van der Waals surface area contributed by atoms with Gasteiger partial charge in [0.1, 0.15) is 19.3 Å². The van der Waals surface area contributed by atoms with Gasteiger partial charge in [0.2, 0.25) is 0 Å². The molecule has 264 valence electrons. The van der Waals surface area contributed by atoms with E-state index in [9.17, 15) is 14.3 Å².